The number of rotatable bonds is 1. The predicted octanol–water partition coefficient (Wildman–Crippen LogP) is 5.79. The summed E-state index contributed by atoms with van der Waals surface area (Å²) < 4.78 is 2.96. The molecule has 1 aliphatic heterocycles. The molecule has 0 aromatic heterocycles. The van der Waals surface area contributed by atoms with Gasteiger partial charge in [-0.2, -0.15) is 0 Å². The molecule has 1 heteroatoms. The molecular formula is C17H25I. The summed E-state index contributed by atoms with van der Waals surface area (Å²) in [6, 6.07) is 10.8. The Hall–Kier alpha value is -0.570. The minimum absolute atomic E-state index is 0.833. The molecule has 0 radical (unpaired) electrons. The molecule has 0 unspecified atom stereocenters. The van der Waals surface area contributed by atoms with Gasteiger partial charge in [-0.25, -0.2) is 0 Å². The zero-order chi connectivity index (χ0) is 13.5. The van der Waals surface area contributed by atoms with Gasteiger partial charge in [0.1, 0.15) is 0 Å². The van der Waals surface area contributed by atoms with Crippen LogP contribution in [0.3, 0.4) is 0 Å². The van der Waals surface area contributed by atoms with Crippen LogP contribution in [0.15, 0.2) is 48.1 Å². The van der Waals surface area contributed by atoms with Gasteiger partial charge in [-0.1, -0.05) is 20.8 Å². The molecule has 1 heterocycles. The summed E-state index contributed by atoms with van der Waals surface area (Å²) in [5, 5.41) is 0. The third-order valence-corrected chi connectivity index (χ3v) is 7.06. The summed E-state index contributed by atoms with van der Waals surface area (Å²) >= 11 is -0.862. The van der Waals surface area contributed by atoms with Crippen LogP contribution in [-0.2, 0) is 0 Å². The Morgan fingerprint density at radius 2 is 1.61 bits per heavy atom. The Labute approximate surface area is 120 Å². The molecule has 100 valence electrons. The summed E-state index contributed by atoms with van der Waals surface area (Å²) in [5.74, 6) is 0.833. The predicted molar refractivity (Wildman–Crippen MR) is 93.5 cm³/mol. The third-order valence-electron chi connectivity index (χ3n) is 2.38. The minimum atomic E-state index is -0.862. The Kier molecular flexibility index (Phi) is 6.69. The van der Waals surface area contributed by atoms with E-state index in [1.54, 1.807) is 3.58 Å². The van der Waals surface area contributed by atoms with E-state index < -0.39 is 19.8 Å². The Balaban J connectivity index is 0.000000357. The van der Waals surface area contributed by atoms with Crippen LogP contribution in [0, 0.1) is 5.92 Å². The van der Waals surface area contributed by atoms with Crippen LogP contribution in [-0.4, -0.2) is 9.36 Å². The first-order chi connectivity index (χ1) is 8.50. The molecule has 18 heavy (non-hydrogen) atoms. The molecule has 0 aliphatic carbocycles. The summed E-state index contributed by atoms with van der Waals surface area (Å²) in [5.41, 5.74) is 2.87. The average molecular weight is 356 g/mol. The molecule has 0 saturated heterocycles. The standard InChI is InChI=1S/C13H15I.C4H10/c1-11-8-9-14(2)13(10-11)12-6-4-3-5-7-12;1-4(2)3/h3-8,10H,9H2,1-2H3;4H,1-3H3. The SMILES string of the molecule is CC(C)C.CC1=CCI(C)C(c2ccccc2)=C1. The number of hydrogen-bond acceptors (Lipinski definition) is 0. The first kappa shape index (κ1) is 15.5. The Morgan fingerprint density at radius 1 is 1.06 bits per heavy atom. The average Bonchev–Trinajstić information content (AvgIpc) is 2.33. The van der Waals surface area contributed by atoms with Gasteiger partial charge in [0.05, 0.1) is 0 Å². The molecule has 0 fully saturated rings. The summed E-state index contributed by atoms with van der Waals surface area (Å²) in [4.78, 5) is 2.45. The van der Waals surface area contributed by atoms with Crippen LogP contribution in [0.5, 0.6) is 0 Å². The number of halogens is 1. The van der Waals surface area contributed by atoms with Crippen molar-refractivity contribution >= 4 is 23.4 Å². The maximum atomic E-state index is 2.45. The fourth-order valence-corrected chi connectivity index (χ4v) is 5.81. The molecule has 1 aromatic rings. The zero-order valence-electron chi connectivity index (χ0n) is 12.2. The van der Waals surface area contributed by atoms with Crippen molar-refractivity contribution in [2.45, 2.75) is 27.7 Å². The second-order valence-corrected chi connectivity index (χ2v) is 10.7. The van der Waals surface area contributed by atoms with Crippen molar-refractivity contribution in [1.82, 2.24) is 0 Å². The molecule has 0 bridgehead atoms. The summed E-state index contributed by atoms with van der Waals surface area (Å²) in [6.45, 7) is 8.70. The molecule has 0 saturated carbocycles. The number of benzene rings is 1. The van der Waals surface area contributed by atoms with Gasteiger partial charge in [0, 0.05) is 0 Å². The fourth-order valence-electron chi connectivity index (χ4n) is 1.54. The van der Waals surface area contributed by atoms with Gasteiger partial charge in [0.15, 0.2) is 0 Å². The van der Waals surface area contributed by atoms with Gasteiger partial charge < -0.3 is 0 Å². The normalized spacial score (nSPS) is 16.7. The Morgan fingerprint density at radius 3 is 2.17 bits per heavy atom. The quantitative estimate of drug-likeness (QED) is 0.442. The van der Waals surface area contributed by atoms with Crippen LogP contribution in [0.2, 0.25) is 0 Å². The molecule has 0 atom stereocenters. The van der Waals surface area contributed by atoms with E-state index in [2.05, 4.69) is 75.1 Å². The fraction of sp³-hybridized carbons (Fsp3) is 0.412. The van der Waals surface area contributed by atoms with E-state index in [-0.39, 0.29) is 0 Å². The van der Waals surface area contributed by atoms with Crippen molar-refractivity contribution in [3.63, 3.8) is 0 Å². The second kappa shape index (κ2) is 7.78. The van der Waals surface area contributed by atoms with E-state index in [1.807, 2.05) is 0 Å². The van der Waals surface area contributed by atoms with Gasteiger partial charge in [-0.15, -0.1) is 0 Å². The first-order valence-corrected chi connectivity index (χ1v) is 11.3. The summed E-state index contributed by atoms with van der Waals surface area (Å²) in [6.07, 6.45) is 4.76. The van der Waals surface area contributed by atoms with Crippen LogP contribution in [0.1, 0.15) is 33.3 Å². The van der Waals surface area contributed by atoms with Crippen molar-refractivity contribution in [1.29, 1.82) is 0 Å². The number of hydrogen-bond donors (Lipinski definition) is 0. The molecular weight excluding hydrogens is 331 g/mol. The van der Waals surface area contributed by atoms with E-state index >= 15 is 0 Å². The van der Waals surface area contributed by atoms with Gasteiger partial charge in [0.25, 0.3) is 0 Å². The van der Waals surface area contributed by atoms with Crippen molar-refractivity contribution in [2.75, 3.05) is 9.36 Å². The first-order valence-electron chi connectivity index (χ1n) is 6.50. The second-order valence-electron chi connectivity index (χ2n) is 5.28. The van der Waals surface area contributed by atoms with Crippen LogP contribution >= 0.6 is 19.8 Å². The van der Waals surface area contributed by atoms with E-state index in [0.29, 0.717) is 0 Å². The third kappa shape index (κ3) is 5.38. The Bertz CT molecular complexity index is 410. The van der Waals surface area contributed by atoms with Crippen LogP contribution < -0.4 is 0 Å². The molecule has 2 rings (SSSR count). The van der Waals surface area contributed by atoms with E-state index in [4.69, 9.17) is 0 Å². The van der Waals surface area contributed by atoms with Crippen molar-refractivity contribution in [3.8, 4) is 0 Å². The molecule has 1 aliphatic rings. The zero-order valence-corrected chi connectivity index (χ0v) is 14.4. The molecule has 0 nitrogen and oxygen atoms in total. The van der Waals surface area contributed by atoms with E-state index in [0.717, 1.165) is 5.92 Å². The van der Waals surface area contributed by atoms with Gasteiger partial charge >= 0.3 is 93.3 Å². The van der Waals surface area contributed by atoms with Crippen LogP contribution in [0.25, 0.3) is 3.58 Å². The molecule has 0 amide bonds. The van der Waals surface area contributed by atoms with Crippen molar-refractivity contribution in [3.05, 3.63) is 53.6 Å². The summed E-state index contributed by atoms with van der Waals surface area (Å²) in [7, 11) is 0. The number of allylic oxidation sites excluding steroid dienone is 3. The van der Waals surface area contributed by atoms with Crippen molar-refractivity contribution < 1.29 is 0 Å². The monoisotopic (exact) mass is 356 g/mol. The van der Waals surface area contributed by atoms with E-state index in [1.165, 1.54) is 15.6 Å². The molecule has 1 aromatic carbocycles. The number of alkyl halides is 2. The van der Waals surface area contributed by atoms with Gasteiger partial charge in [0.2, 0.25) is 0 Å². The van der Waals surface area contributed by atoms with Crippen LogP contribution in [0.4, 0.5) is 0 Å². The van der Waals surface area contributed by atoms with E-state index in [9.17, 15) is 0 Å². The van der Waals surface area contributed by atoms with Gasteiger partial charge in [-0.3, -0.25) is 0 Å². The molecule has 0 N–H and O–H groups in total. The molecule has 0 spiro atoms. The topological polar surface area (TPSA) is 0 Å². The van der Waals surface area contributed by atoms with Gasteiger partial charge in [-0.05, 0) is 5.92 Å². The van der Waals surface area contributed by atoms with Crippen molar-refractivity contribution in [2.24, 2.45) is 5.92 Å². The maximum absolute atomic E-state index is 2.45.